The van der Waals surface area contributed by atoms with E-state index < -0.39 is 0 Å². The summed E-state index contributed by atoms with van der Waals surface area (Å²) in [6, 6.07) is 0. The summed E-state index contributed by atoms with van der Waals surface area (Å²) in [6.45, 7) is 27.2. The predicted octanol–water partition coefficient (Wildman–Crippen LogP) is 4.66. The van der Waals surface area contributed by atoms with Gasteiger partial charge in [0.05, 0.1) is 0 Å². The summed E-state index contributed by atoms with van der Waals surface area (Å²) in [7, 11) is 0. The van der Waals surface area contributed by atoms with Gasteiger partial charge in [0.1, 0.15) is 0 Å². The molecule has 0 aromatic carbocycles. The molecule has 0 aliphatic rings. The summed E-state index contributed by atoms with van der Waals surface area (Å²) >= 11 is 0. The van der Waals surface area contributed by atoms with E-state index in [1.807, 2.05) is 0 Å². The Morgan fingerprint density at radius 1 is 0.792 bits per heavy atom. The maximum Gasteiger partial charge on any atom is 0.0158 e. The highest BCUT2D eigenvalue weighted by Gasteiger charge is 2.33. The number of rotatable bonds is 10. The van der Waals surface area contributed by atoms with E-state index in [9.17, 15) is 0 Å². The molecule has 146 valence electrons. The fourth-order valence-corrected chi connectivity index (χ4v) is 3.49. The molecule has 0 saturated carbocycles. The zero-order chi connectivity index (χ0) is 19.2. The lowest BCUT2D eigenvalue weighted by molar-refractivity contribution is 0.0610. The van der Waals surface area contributed by atoms with E-state index in [-0.39, 0.29) is 11.1 Å². The number of nitrogens with two attached hydrogens (primary N) is 1. The summed E-state index contributed by atoms with van der Waals surface area (Å²) in [5.41, 5.74) is 6.97. The first kappa shape index (κ1) is 23.9. The number of nitrogens with one attached hydrogen (secondary N) is 1. The first-order valence-corrected chi connectivity index (χ1v) is 9.78. The molecule has 0 atom stereocenters. The summed E-state index contributed by atoms with van der Waals surface area (Å²) in [6.07, 6.45) is 3.60. The third-order valence-corrected chi connectivity index (χ3v) is 4.76. The molecule has 3 N–H and O–H groups in total. The van der Waals surface area contributed by atoms with E-state index in [2.05, 4.69) is 79.5 Å². The summed E-state index contributed by atoms with van der Waals surface area (Å²) in [4.78, 5) is 2.61. The minimum absolute atomic E-state index is 0.176. The van der Waals surface area contributed by atoms with Crippen molar-refractivity contribution in [3.05, 3.63) is 0 Å². The third-order valence-electron chi connectivity index (χ3n) is 4.76. The van der Waals surface area contributed by atoms with Gasteiger partial charge < -0.3 is 11.1 Å². The zero-order valence-corrected chi connectivity index (χ0v) is 18.5. The van der Waals surface area contributed by atoms with Gasteiger partial charge in [-0.3, -0.25) is 4.90 Å². The molecule has 0 aliphatic heterocycles. The van der Waals surface area contributed by atoms with Gasteiger partial charge in [-0.2, -0.15) is 0 Å². The lowest BCUT2D eigenvalue weighted by Crippen LogP contribution is -2.50. The molecule has 0 rings (SSSR count). The molecule has 0 bridgehead atoms. The number of nitrogens with zero attached hydrogens (tertiary/aromatic N) is 1. The Morgan fingerprint density at radius 2 is 1.33 bits per heavy atom. The molecule has 0 fully saturated rings. The standard InChI is InChI=1S/C21H47N3/c1-18(2,3)12-15-24(16-13-22)21(9,10)17-20(7,8)11-14-23-19(4,5)6/h23H,11-17,22H2,1-10H3. The first-order valence-electron chi connectivity index (χ1n) is 9.78. The van der Waals surface area contributed by atoms with Gasteiger partial charge in [0.25, 0.3) is 0 Å². The molecule has 3 heteroatoms. The second-order valence-electron chi connectivity index (χ2n) is 11.2. The van der Waals surface area contributed by atoms with E-state index >= 15 is 0 Å². The van der Waals surface area contributed by atoms with Crippen LogP contribution in [0.5, 0.6) is 0 Å². The van der Waals surface area contributed by atoms with Crippen LogP contribution in [-0.2, 0) is 0 Å². The van der Waals surface area contributed by atoms with Crippen molar-refractivity contribution >= 4 is 0 Å². The molecule has 0 aromatic rings. The van der Waals surface area contributed by atoms with Crippen LogP contribution in [0.1, 0.15) is 88.5 Å². The lowest BCUT2D eigenvalue weighted by Gasteiger charge is -2.44. The largest absolute Gasteiger partial charge is 0.329 e. The van der Waals surface area contributed by atoms with Crippen LogP contribution < -0.4 is 11.1 Å². The molecule has 0 aromatic heterocycles. The fraction of sp³-hybridized carbons (Fsp3) is 1.00. The molecule has 0 aliphatic carbocycles. The minimum atomic E-state index is 0.176. The normalized spacial score (nSPS) is 14.5. The van der Waals surface area contributed by atoms with Gasteiger partial charge in [-0.15, -0.1) is 0 Å². The SMILES string of the molecule is CC(C)(C)CCN(CCN)C(C)(C)CC(C)(C)CCNC(C)(C)C. The van der Waals surface area contributed by atoms with Crippen molar-refractivity contribution in [2.75, 3.05) is 26.2 Å². The van der Waals surface area contributed by atoms with Gasteiger partial charge in [-0.25, -0.2) is 0 Å². The highest BCUT2D eigenvalue weighted by molar-refractivity contribution is 4.89. The van der Waals surface area contributed by atoms with Crippen molar-refractivity contribution in [3.8, 4) is 0 Å². The van der Waals surface area contributed by atoms with E-state index in [1.54, 1.807) is 0 Å². The quantitative estimate of drug-likeness (QED) is 0.607. The van der Waals surface area contributed by atoms with Gasteiger partial charge in [0.2, 0.25) is 0 Å². The molecule has 0 radical (unpaired) electrons. The highest BCUT2D eigenvalue weighted by Crippen LogP contribution is 2.35. The monoisotopic (exact) mass is 341 g/mol. The summed E-state index contributed by atoms with van der Waals surface area (Å²) in [5, 5.41) is 3.63. The molecule has 0 amide bonds. The van der Waals surface area contributed by atoms with E-state index in [0.29, 0.717) is 10.8 Å². The number of hydrogen-bond donors (Lipinski definition) is 2. The molecule has 0 heterocycles. The summed E-state index contributed by atoms with van der Waals surface area (Å²) in [5.74, 6) is 0. The molecule has 24 heavy (non-hydrogen) atoms. The van der Waals surface area contributed by atoms with Gasteiger partial charge in [-0.05, 0) is 77.8 Å². The van der Waals surface area contributed by atoms with Crippen LogP contribution in [-0.4, -0.2) is 42.2 Å². The maximum atomic E-state index is 5.91. The van der Waals surface area contributed by atoms with Crippen LogP contribution in [0.15, 0.2) is 0 Å². The van der Waals surface area contributed by atoms with E-state index in [0.717, 1.165) is 26.2 Å². The van der Waals surface area contributed by atoms with Crippen molar-refractivity contribution in [2.45, 2.75) is 99.6 Å². The van der Waals surface area contributed by atoms with Gasteiger partial charge in [0, 0.05) is 24.2 Å². The van der Waals surface area contributed by atoms with Crippen molar-refractivity contribution in [2.24, 2.45) is 16.6 Å². The summed E-state index contributed by atoms with van der Waals surface area (Å²) < 4.78 is 0. The van der Waals surface area contributed by atoms with Crippen molar-refractivity contribution in [1.82, 2.24) is 10.2 Å². The van der Waals surface area contributed by atoms with Gasteiger partial charge in [-0.1, -0.05) is 34.6 Å². The Bertz CT molecular complexity index is 345. The minimum Gasteiger partial charge on any atom is -0.329 e. The van der Waals surface area contributed by atoms with Crippen LogP contribution in [0.3, 0.4) is 0 Å². The van der Waals surface area contributed by atoms with Crippen molar-refractivity contribution in [3.63, 3.8) is 0 Å². The maximum absolute atomic E-state index is 5.91. The van der Waals surface area contributed by atoms with E-state index in [4.69, 9.17) is 5.73 Å². The van der Waals surface area contributed by atoms with E-state index in [1.165, 1.54) is 19.3 Å². The van der Waals surface area contributed by atoms with Crippen molar-refractivity contribution in [1.29, 1.82) is 0 Å². The Morgan fingerprint density at radius 3 is 1.75 bits per heavy atom. The van der Waals surface area contributed by atoms with Crippen LogP contribution >= 0.6 is 0 Å². The van der Waals surface area contributed by atoms with Crippen LogP contribution in [0.25, 0.3) is 0 Å². The average molecular weight is 342 g/mol. The van der Waals surface area contributed by atoms with Crippen molar-refractivity contribution < 1.29 is 0 Å². The Kier molecular flexibility index (Phi) is 8.96. The number of hydrogen-bond acceptors (Lipinski definition) is 3. The van der Waals surface area contributed by atoms with Gasteiger partial charge in [0.15, 0.2) is 0 Å². The Hall–Kier alpha value is -0.120. The van der Waals surface area contributed by atoms with Gasteiger partial charge >= 0.3 is 0 Å². The molecular weight excluding hydrogens is 294 g/mol. The Labute approximate surface area is 153 Å². The van der Waals surface area contributed by atoms with Crippen LogP contribution in [0, 0.1) is 10.8 Å². The molecular formula is C21H47N3. The zero-order valence-electron chi connectivity index (χ0n) is 18.5. The third kappa shape index (κ3) is 11.4. The second-order valence-corrected chi connectivity index (χ2v) is 11.2. The molecule has 0 saturated heterocycles. The first-order chi connectivity index (χ1) is 10.6. The Balaban J connectivity index is 4.77. The predicted molar refractivity (Wildman–Crippen MR) is 110 cm³/mol. The molecule has 3 nitrogen and oxygen atoms in total. The lowest BCUT2D eigenvalue weighted by atomic mass is 9.76. The second kappa shape index (κ2) is 9.00. The molecule has 0 unspecified atom stereocenters. The van der Waals surface area contributed by atoms with Crippen LogP contribution in [0.4, 0.5) is 0 Å². The average Bonchev–Trinajstić information content (AvgIpc) is 2.29. The van der Waals surface area contributed by atoms with Crippen LogP contribution in [0.2, 0.25) is 0 Å². The fourth-order valence-electron chi connectivity index (χ4n) is 3.49. The topological polar surface area (TPSA) is 41.3 Å². The smallest absolute Gasteiger partial charge is 0.0158 e. The highest BCUT2D eigenvalue weighted by atomic mass is 15.2. The molecule has 0 spiro atoms.